The summed E-state index contributed by atoms with van der Waals surface area (Å²) < 4.78 is 33.4. The number of imide groups is 1. The number of hydrogen-bond donors (Lipinski definition) is 2. The predicted octanol–water partition coefficient (Wildman–Crippen LogP) is 3.94. The molecule has 0 aromatic heterocycles. The van der Waals surface area contributed by atoms with E-state index in [-0.39, 0.29) is 24.3 Å². The molecule has 9 nitrogen and oxygen atoms in total. The number of nitrogens with zero attached hydrogens (tertiary/aromatic N) is 1. The molecule has 3 aromatic rings. The van der Waals surface area contributed by atoms with Crippen LogP contribution in [0.2, 0.25) is 5.02 Å². The Morgan fingerprint density at radius 1 is 0.917 bits per heavy atom. The summed E-state index contributed by atoms with van der Waals surface area (Å²) in [6.45, 7) is -0.0331. The Morgan fingerprint density at radius 2 is 1.44 bits per heavy atom. The molecule has 1 aliphatic rings. The Bertz CT molecular complexity index is 1370. The van der Waals surface area contributed by atoms with Gasteiger partial charge in [-0.05, 0) is 73.5 Å². The van der Waals surface area contributed by atoms with E-state index in [1.165, 1.54) is 24.3 Å². The minimum Gasteiger partial charge on any atom is -0.480 e. The van der Waals surface area contributed by atoms with Crippen LogP contribution in [0, 0.1) is 0 Å². The van der Waals surface area contributed by atoms with Crippen LogP contribution < -0.4 is 9.46 Å². The molecule has 1 heterocycles. The smallest absolute Gasteiger partial charge is 0.321 e. The van der Waals surface area contributed by atoms with Gasteiger partial charge in [-0.2, -0.15) is 4.72 Å². The fourth-order valence-corrected chi connectivity index (χ4v) is 5.06. The SMILES string of the molecule is O=C(O)[C@@H](CCCN1C(=O)c2ccccc2C1=O)NS(=O)(=O)c1ccc(Oc2ccc(Cl)cc2)cc1. The van der Waals surface area contributed by atoms with Gasteiger partial charge in [0.2, 0.25) is 10.0 Å². The molecule has 2 N–H and O–H groups in total. The van der Waals surface area contributed by atoms with E-state index in [2.05, 4.69) is 4.72 Å². The zero-order valence-electron chi connectivity index (χ0n) is 18.8. The van der Waals surface area contributed by atoms with Crippen LogP contribution in [-0.2, 0) is 14.8 Å². The molecular weight excluding hydrogens is 508 g/mol. The highest BCUT2D eigenvalue weighted by Gasteiger charge is 2.35. The van der Waals surface area contributed by atoms with Crippen LogP contribution in [0.4, 0.5) is 0 Å². The first-order valence-corrected chi connectivity index (χ1v) is 12.8. The Hall–Kier alpha value is -3.73. The third-order valence-corrected chi connectivity index (χ3v) is 7.27. The quantitative estimate of drug-likeness (QED) is 0.381. The van der Waals surface area contributed by atoms with Crippen molar-refractivity contribution in [1.82, 2.24) is 9.62 Å². The lowest BCUT2D eigenvalue weighted by Gasteiger charge is -2.17. The highest BCUT2D eigenvalue weighted by atomic mass is 35.5. The van der Waals surface area contributed by atoms with Crippen molar-refractivity contribution in [1.29, 1.82) is 0 Å². The van der Waals surface area contributed by atoms with Gasteiger partial charge in [-0.25, -0.2) is 8.42 Å². The van der Waals surface area contributed by atoms with Gasteiger partial charge < -0.3 is 9.84 Å². The summed E-state index contributed by atoms with van der Waals surface area (Å²) in [5.74, 6) is -1.39. The molecule has 11 heteroatoms. The number of aliphatic carboxylic acids is 1. The molecule has 1 atom stereocenters. The first-order valence-electron chi connectivity index (χ1n) is 10.9. The fourth-order valence-electron chi connectivity index (χ4n) is 3.71. The predicted molar refractivity (Wildman–Crippen MR) is 131 cm³/mol. The van der Waals surface area contributed by atoms with E-state index in [0.29, 0.717) is 27.6 Å². The van der Waals surface area contributed by atoms with E-state index in [1.807, 2.05) is 0 Å². The lowest BCUT2D eigenvalue weighted by molar-refractivity contribution is -0.139. The second-order valence-corrected chi connectivity index (χ2v) is 10.1. The third-order valence-electron chi connectivity index (χ3n) is 5.53. The molecule has 0 fully saturated rings. The summed E-state index contributed by atoms with van der Waals surface area (Å²) in [5, 5.41) is 10.1. The first-order chi connectivity index (χ1) is 17.2. The third kappa shape index (κ3) is 5.56. The van der Waals surface area contributed by atoms with Gasteiger partial charge >= 0.3 is 5.97 Å². The zero-order valence-corrected chi connectivity index (χ0v) is 20.3. The number of ether oxygens (including phenoxy) is 1. The average Bonchev–Trinajstić information content (AvgIpc) is 3.10. The molecule has 3 aromatic carbocycles. The zero-order chi connectivity index (χ0) is 25.9. The molecule has 0 saturated heterocycles. The molecule has 0 spiro atoms. The lowest BCUT2D eigenvalue weighted by Crippen LogP contribution is -2.41. The average molecular weight is 529 g/mol. The number of fused-ring (bicyclic) bond motifs is 1. The van der Waals surface area contributed by atoms with Crippen molar-refractivity contribution in [2.75, 3.05) is 6.54 Å². The van der Waals surface area contributed by atoms with Crippen LogP contribution >= 0.6 is 11.6 Å². The summed E-state index contributed by atoms with van der Waals surface area (Å²) in [4.78, 5) is 37.5. The Labute approximate surface area is 212 Å². The first kappa shape index (κ1) is 25.4. The van der Waals surface area contributed by atoms with Crippen LogP contribution in [-0.4, -0.2) is 48.8 Å². The molecule has 186 valence electrons. The number of amides is 2. The molecule has 0 aliphatic carbocycles. The number of hydrogen-bond acceptors (Lipinski definition) is 6. The topological polar surface area (TPSA) is 130 Å². The van der Waals surface area contributed by atoms with Crippen LogP contribution in [0.5, 0.6) is 11.5 Å². The van der Waals surface area contributed by atoms with Crippen molar-refractivity contribution < 1.29 is 32.6 Å². The summed E-state index contributed by atoms with van der Waals surface area (Å²) in [7, 11) is -4.17. The minimum atomic E-state index is -4.17. The number of halogens is 1. The van der Waals surface area contributed by atoms with Gasteiger partial charge in [-0.3, -0.25) is 19.3 Å². The van der Waals surface area contributed by atoms with Crippen molar-refractivity contribution >= 4 is 39.4 Å². The Kier molecular flexibility index (Phi) is 7.39. The maximum atomic E-state index is 12.8. The van der Waals surface area contributed by atoms with Crippen molar-refractivity contribution in [3.63, 3.8) is 0 Å². The van der Waals surface area contributed by atoms with Crippen LogP contribution in [0.1, 0.15) is 33.6 Å². The maximum Gasteiger partial charge on any atom is 0.321 e. The molecule has 36 heavy (non-hydrogen) atoms. The molecule has 1 aliphatic heterocycles. The van der Waals surface area contributed by atoms with Crippen LogP contribution in [0.3, 0.4) is 0 Å². The Balaban J connectivity index is 1.36. The van der Waals surface area contributed by atoms with Gasteiger partial charge in [-0.15, -0.1) is 0 Å². The van der Waals surface area contributed by atoms with Gasteiger partial charge in [-0.1, -0.05) is 23.7 Å². The van der Waals surface area contributed by atoms with Crippen LogP contribution in [0.25, 0.3) is 0 Å². The summed E-state index contributed by atoms with van der Waals surface area (Å²) >= 11 is 5.84. The molecule has 0 bridgehead atoms. The van der Waals surface area contributed by atoms with Crippen LogP contribution in [0.15, 0.2) is 77.7 Å². The number of carboxylic acid groups (broad SMARTS) is 1. The lowest BCUT2D eigenvalue weighted by atomic mass is 10.1. The van der Waals surface area contributed by atoms with E-state index < -0.39 is 33.8 Å². The molecule has 0 saturated carbocycles. The van der Waals surface area contributed by atoms with E-state index in [9.17, 15) is 27.9 Å². The monoisotopic (exact) mass is 528 g/mol. The van der Waals surface area contributed by atoms with Gasteiger partial charge in [0.15, 0.2) is 0 Å². The van der Waals surface area contributed by atoms with E-state index >= 15 is 0 Å². The Morgan fingerprint density at radius 3 is 1.97 bits per heavy atom. The standard InChI is InChI=1S/C25H21ClN2O7S/c26-16-7-9-17(10-8-16)35-18-11-13-19(14-12-18)36(33,34)27-22(25(31)32)6-3-15-28-23(29)20-4-1-2-5-21(20)24(28)30/h1-2,4-5,7-14,22,27H,3,6,15H2,(H,31,32)/t22-/m1/s1. The second-order valence-electron chi connectivity index (χ2n) is 7.99. The van der Waals surface area contributed by atoms with Crippen molar-refractivity contribution in [2.45, 2.75) is 23.8 Å². The van der Waals surface area contributed by atoms with E-state index in [4.69, 9.17) is 16.3 Å². The molecule has 4 rings (SSSR count). The van der Waals surface area contributed by atoms with Gasteiger partial charge in [0.05, 0.1) is 16.0 Å². The number of carbonyl (C=O) groups is 3. The summed E-state index contributed by atoms with van der Waals surface area (Å²) in [6.07, 6.45) is -0.0292. The van der Waals surface area contributed by atoms with Crippen molar-refractivity contribution in [3.8, 4) is 11.5 Å². The highest BCUT2D eigenvalue weighted by molar-refractivity contribution is 7.89. The van der Waals surface area contributed by atoms with Crippen molar-refractivity contribution in [3.05, 3.63) is 88.9 Å². The highest BCUT2D eigenvalue weighted by Crippen LogP contribution is 2.25. The normalized spacial score (nSPS) is 14.0. The minimum absolute atomic E-state index is 0.0331. The van der Waals surface area contributed by atoms with Gasteiger partial charge in [0.25, 0.3) is 11.8 Å². The van der Waals surface area contributed by atoms with E-state index in [1.54, 1.807) is 48.5 Å². The number of sulfonamides is 1. The van der Waals surface area contributed by atoms with Gasteiger partial charge in [0.1, 0.15) is 17.5 Å². The summed E-state index contributed by atoms with van der Waals surface area (Å²) in [5.41, 5.74) is 0.586. The number of carboxylic acids is 1. The van der Waals surface area contributed by atoms with Crippen molar-refractivity contribution in [2.24, 2.45) is 0 Å². The number of carbonyl (C=O) groups excluding carboxylic acids is 2. The fraction of sp³-hybridized carbons (Fsp3) is 0.160. The van der Waals surface area contributed by atoms with E-state index in [0.717, 1.165) is 4.90 Å². The molecule has 0 radical (unpaired) electrons. The maximum absolute atomic E-state index is 12.8. The second kappa shape index (κ2) is 10.5. The molecular formula is C25H21ClN2O7S. The summed E-state index contributed by atoms with van der Waals surface area (Å²) in [6, 6.07) is 17.1. The van der Waals surface area contributed by atoms with Gasteiger partial charge in [0, 0.05) is 11.6 Å². The molecule has 0 unspecified atom stereocenters. The number of benzene rings is 3. The number of rotatable bonds is 10. The largest absolute Gasteiger partial charge is 0.480 e. The molecule has 2 amide bonds. The number of nitrogens with one attached hydrogen (secondary N) is 1.